The van der Waals surface area contributed by atoms with E-state index in [4.69, 9.17) is 21.4 Å². The van der Waals surface area contributed by atoms with E-state index in [1.807, 2.05) is 22.6 Å². The van der Waals surface area contributed by atoms with Crippen molar-refractivity contribution in [3.05, 3.63) is 44.7 Å². The molecule has 1 N–H and O–H groups in total. The van der Waals surface area contributed by atoms with Crippen LogP contribution in [0.3, 0.4) is 0 Å². The van der Waals surface area contributed by atoms with Crippen molar-refractivity contribution in [3.63, 3.8) is 0 Å². The fourth-order valence-corrected chi connectivity index (χ4v) is 1.71. The first-order valence-electron chi connectivity index (χ1n) is 4.74. The molecule has 0 saturated heterocycles. The largest absolute Gasteiger partial charge is 0.478 e. The molecular weight excluding hydrogens is 370 g/mol. The highest BCUT2D eigenvalue weighted by Gasteiger charge is 2.09. The average molecular weight is 377 g/mol. The molecule has 0 aliphatic carbocycles. The van der Waals surface area contributed by atoms with Crippen LogP contribution in [0.5, 0.6) is 11.8 Å². The lowest BCUT2D eigenvalue weighted by molar-refractivity contribution is 0.0696. The van der Waals surface area contributed by atoms with Gasteiger partial charge in [-0.1, -0.05) is 11.6 Å². The molecule has 7 heteroatoms. The second-order valence-corrected chi connectivity index (χ2v) is 4.83. The third-order valence-electron chi connectivity index (χ3n) is 1.98. The number of halogens is 2. The van der Waals surface area contributed by atoms with Crippen molar-refractivity contribution in [1.82, 2.24) is 9.97 Å². The summed E-state index contributed by atoms with van der Waals surface area (Å²) in [5.74, 6) is -0.633. The molecule has 0 radical (unpaired) electrons. The molecular formula is C11H6ClIN2O3. The molecule has 1 aromatic carbocycles. The highest BCUT2D eigenvalue weighted by molar-refractivity contribution is 14.1. The van der Waals surface area contributed by atoms with Crippen LogP contribution in [0.2, 0.25) is 5.02 Å². The van der Waals surface area contributed by atoms with Gasteiger partial charge in [0.25, 0.3) is 0 Å². The van der Waals surface area contributed by atoms with Crippen molar-refractivity contribution in [2.24, 2.45) is 0 Å². The molecule has 0 fully saturated rings. The minimum absolute atomic E-state index is 0.111. The van der Waals surface area contributed by atoms with E-state index in [2.05, 4.69) is 9.97 Å². The zero-order chi connectivity index (χ0) is 13.1. The highest BCUT2D eigenvalue weighted by Crippen LogP contribution is 2.26. The van der Waals surface area contributed by atoms with E-state index < -0.39 is 5.97 Å². The van der Waals surface area contributed by atoms with Crippen LogP contribution in [0.15, 0.2) is 30.6 Å². The Hall–Kier alpha value is -1.41. The van der Waals surface area contributed by atoms with Crippen LogP contribution in [0.25, 0.3) is 0 Å². The molecule has 0 atom stereocenters. The zero-order valence-electron chi connectivity index (χ0n) is 8.80. The number of hydrogen-bond acceptors (Lipinski definition) is 4. The fraction of sp³-hybridized carbons (Fsp3) is 0. The molecule has 1 aromatic heterocycles. The number of ether oxygens (including phenoxy) is 1. The minimum Gasteiger partial charge on any atom is -0.478 e. The number of aromatic carboxylic acids is 1. The number of carbonyl (C=O) groups is 1. The quantitative estimate of drug-likeness (QED) is 0.833. The van der Waals surface area contributed by atoms with Crippen molar-refractivity contribution in [1.29, 1.82) is 0 Å². The molecule has 0 unspecified atom stereocenters. The Balaban J connectivity index is 2.30. The maximum atomic E-state index is 10.9. The van der Waals surface area contributed by atoms with Crippen LogP contribution in [0, 0.1) is 3.57 Å². The van der Waals surface area contributed by atoms with Crippen molar-refractivity contribution in [3.8, 4) is 11.8 Å². The summed E-state index contributed by atoms with van der Waals surface area (Å²) in [4.78, 5) is 18.6. The topological polar surface area (TPSA) is 72.3 Å². The Morgan fingerprint density at radius 1 is 1.33 bits per heavy atom. The van der Waals surface area contributed by atoms with Crippen molar-refractivity contribution >= 4 is 40.2 Å². The lowest BCUT2D eigenvalue weighted by Gasteiger charge is -2.06. The van der Waals surface area contributed by atoms with Crippen molar-refractivity contribution in [2.45, 2.75) is 0 Å². The van der Waals surface area contributed by atoms with Gasteiger partial charge in [0.15, 0.2) is 0 Å². The van der Waals surface area contributed by atoms with Gasteiger partial charge in [-0.25, -0.2) is 14.8 Å². The Labute approximate surface area is 121 Å². The summed E-state index contributed by atoms with van der Waals surface area (Å²) in [5.41, 5.74) is 0.138. The minimum atomic E-state index is -1.02. The number of rotatable bonds is 3. The number of aromatic nitrogens is 2. The standard InChI is InChI=1S/C11H6ClIN2O3/c12-7-4-14-11(15-5-7)18-9-3-6(10(16)17)1-2-8(9)13/h1-5H,(H,16,17). The summed E-state index contributed by atoms with van der Waals surface area (Å²) in [7, 11) is 0. The molecule has 0 amide bonds. The fourth-order valence-electron chi connectivity index (χ4n) is 1.17. The van der Waals surface area contributed by atoms with Gasteiger partial charge in [0.05, 0.1) is 26.5 Å². The van der Waals surface area contributed by atoms with Crippen molar-refractivity contribution < 1.29 is 14.6 Å². The number of carboxylic acid groups (broad SMARTS) is 1. The van der Waals surface area contributed by atoms with Gasteiger partial charge in [-0.2, -0.15) is 0 Å². The van der Waals surface area contributed by atoms with Crippen LogP contribution >= 0.6 is 34.2 Å². The highest BCUT2D eigenvalue weighted by atomic mass is 127. The summed E-state index contributed by atoms with van der Waals surface area (Å²) in [6.45, 7) is 0. The monoisotopic (exact) mass is 376 g/mol. The van der Waals surface area contributed by atoms with Gasteiger partial charge in [0.2, 0.25) is 0 Å². The molecule has 0 bridgehead atoms. The molecule has 0 saturated carbocycles. The van der Waals surface area contributed by atoms with Gasteiger partial charge in [-0.3, -0.25) is 0 Å². The molecule has 92 valence electrons. The first-order chi connectivity index (χ1) is 8.56. The second-order valence-electron chi connectivity index (χ2n) is 3.24. The van der Waals surface area contributed by atoms with Gasteiger partial charge in [-0.15, -0.1) is 0 Å². The Morgan fingerprint density at radius 2 is 2.00 bits per heavy atom. The van der Waals surface area contributed by atoms with Crippen LogP contribution in [0.4, 0.5) is 0 Å². The second kappa shape index (κ2) is 5.49. The van der Waals surface area contributed by atoms with E-state index in [9.17, 15) is 4.79 Å². The summed E-state index contributed by atoms with van der Waals surface area (Å²) < 4.78 is 6.16. The molecule has 0 aliphatic rings. The van der Waals surface area contributed by atoms with E-state index >= 15 is 0 Å². The Kier molecular flexibility index (Phi) is 3.97. The van der Waals surface area contributed by atoms with Crippen LogP contribution in [-0.2, 0) is 0 Å². The maximum absolute atomic E-state index is 10.9. The predicted molar refractivity (Wildman–Crippen MR) is 73.2 cm³/mol. The molecule has 1 heterocycles. The normalized spacial score (nSPS) is 10.1. The number of carboxylic acids is 1. The smallest absolute Gasteiger partial charge is 0.335 e. The van der Waals surface area contributed by atoms with Crippen LogP contribution in [-0.4, -0.2) is 21.0 Å². The average Bonchev–Trinajstić information content (AvgIpc) is 2.34. The lowest BCUT2D eigenvalue weighted by atomic mass is 10.2. The van der Waals surface area contributed by atoms with Crippen molar-refractivity contribution in [2.75, 3.05) is 0 Å². The van der Waals surface area contributed by atoms with Gasteiger partial charge in [0.1, 0.15) is 5.75 Å². The third-order valence-corrected chi connectivity index (χ3v) is 3.06. The van der Waals surface area contributed by atoms with Gasteiger partial charge < -0.3 is 9.84 Å². The summed E-state index contributed by atoms with van der Waals surface area (Å²) in [5, 5.41) is 9.30. The molecule has 5 nitrogen and oxygen atoms in total. The Morgan fingerprint density at radius 3 is 2.61 bits per heavy atom. The Bertz CT molecular complexity index is 589. The lowest BCUT2D eigenvalue weighted by Crippen LogP contribution is -1.99. The molecule has 2 aromatic rings. The molecule has 2 rings (SSSR count). The van der Waals surface area contributed by atoms with Crippen LogP contribution < -0.4 is 4.74 Å². The molecule has 0 aliphatic heterocycles. The first kappa shape index (κ1) is 13.0. The predicted octanol–water partition coefficient (Wildman–Crippen LogP) is 3.23. The summed E-state index contributed by atoms with van der Waals surface area (Å²) in [6.07, 6.45) is 2.80. The third kappa shape index (κ3) is 3.08. The molecule has 0 spiro atoms. The van der Waals surface area contributed by atoms with E-state index in [1.165, 1.54) is 24.5 Å². The van der Waals surface area contributed by atoms with E-state index in [0.29, 0.717) is 10.8 Å². The van der Waals surface area contributed by atoms with E-state index in [-0.39, 0.29) is 11.6 Å². The van der Waals surface area contributed by atoms with Gasteiger partial charge in [0, 0.05) is 0 Å². The number of nitrogens with zero attached hydrogens (tertiary/aromatic N) is 2. The van der Waals surface area contributed by atoms with Gasteiger partial charge in [-0.05, 0) is 40.8 Å². The van der Waals surface area contributed by atoms with Gasteiger partial charge >= 0.3 is 12.0 Å². The van der Waals surface area contributed by atoms with E-state index in [1.54, 1.807) is 6.07 Å². The first-order valence-corrected chi connectivity index (χ1v) is 6.20. The maximum Gasteiger partial charge on any atom is 0.335 e. The summed E-state index contributed by atoms with van der Waals surface area (Å²) in [6, 6.07) is 4.68. The zero-order valence-corrected chi connectivity index (χ0v) is 11.7. The summed E-state index contributed by atoms with van der Waals surface area (Å²) >= 11 is 7.69. The number of hydrogen-bond donors (Lipinski definition) is 1. The SMILES string of the molecule is O=C(O)c1ccc(I)c(Oc2ncc(Cl)cn2)c1. The van der Waals surface area contributed by atoms with E-state index in [0.717, 1.165) is 3.57 Å². The number of benzene rings is 1. The molecule has 18 heavy (non-hydrogen) atoms. The van der Waals surface area contributed by atoms with Crippen LogP contribution in [0.1, 0.15) is 10.4 Å².